The van der Waals surface area contributed by atoms with Crippen molar-refractivity contribution in [3.8, 4) is 11.5 Å². The molecule has 0 amide bonds. The van der Waals surface area contributed by atoms with Crippen LogP contribution in [0.2, 0.25) is 0 Å². The number of aliphatic hydroxyl groups is 2. The summed E-state index contributed by atoms with van der Waals surface area (Å²) in [5.41, 5.74) is 0.953. The number of aliphatic hydroxyl groups excluding tert-OH is 2. The van der Waals surface area contributed by atoms with Crippen LogP contribution in [0.3, 0.4) is 0 Å². The topological polar surface area (TPSA) is 158 Å². The molecule has 0 aliphatic heterocycles. The zero-order valence-electron chi connectivity index (χ0n) is 18.0. The van der Waals surface area contributed by atoms with Gasteiger partial charge in [-0.1, -0.05) is 24.3 Å². The van der Waals surface area contributed by atoms with Crippen LogP contribution < -0.4 is 0 Å². The summed E-state index contributed by atoms with van der Waals surface area (Å²) in [6.45, 7) is -0.868. The number of methoxy groups -OCH3 is 2. The zero-order chi connectivity index (χ0) is 23.9. The number of rotatable bonds is 8. The predicted octanol–water partition coefficient (Wildman–Crippen LogP) is 0.687. The van der Waals surface area contributed by atoms with Crippen LogP contribution in [-0.4, -0.2) is 84.3 Å². The van der Waals surface area contributed by atoms with Crippen molar-refractivity contribution in [2.75, 3.05) is 27.4 Å². The molecule has 4 N–H and O–H groups in total. The van der Waals surface area contributed by atoms with E-state index < -0.39 is 37.2 Å². The Morgan fingerprint density at radius 3 is 1.39 bits per heavy atom. The van der Waals surface area contributed by atoms with Crippen LogP contribution in [0.5, 0.6) is 11.5 Å². The molecule has 0 saturated carbocycles. The first kappa shape index (κ1) is 29.7. The van der Waals surface area contributed by atoms with Crippen LogP contribution in [-0.2, 0) is 35.8 Å². The Morgan fingerprint density at radius 2 is 1.12 bits per heavy atom. The smallest absolute Gasteiger partial charge is 0.332 e. The monoisotopic (exact) mass is 505 g/mol. The molecule has 0 aliphatic rings. The second-order valence-electron chi connectivity index (χ2n) is 6.12. The molecule has 0 aliphatic carbocycles. The summed E-state index contributed by atoms with van der Waals surface area (Å²) in [7, 11) is 2.45. The van der Waals surface area contributed by atoms with E-state index in [0.29, 0.717) is 11.1 Å². The third-order valence-electron chi connectivity index (χ3n) is 3.95. The fraction of sp³-hybridized carbons (Fsp3) is 0.273. The van der Waals surface area contributed by atoms with Crippen LogP contribution in [0, 0.1) is 0 Å². The van der Waals surface area contributed by atoms with Crippen molar-refractivity contribution in [2.45, 2.75) is 12.1 Å². The van der Waals surface area contributed by atoms with Gasteiger partial charge in [0.2, 0.25) is 0 Å². The Labute approximate surface area is 201 Å². The maximum Gasteiger partial charge on any atom is 0.332 e. The minimum Gasteiger partial charge on any atom is -0.507 e. The van der Waals surface area contributed by atoms with E-state index in [9.17, 15) is 19.8 Å². The summed E-state index contributed by atoms with van der Waals surface area (Å²) < 4.78 is 8.89. The number of hydrogen-bond acceptors (Lipinski definition) is 10. The van der Waals surface area contributed by atoms with Gasteiger partial charge in [0.25, 0.3) is 0 Å². The molecule has 2 atom stereocenters. The number of benzene rings is 2. The van der Waals surface area contributed by atoms with Gasteiger partial charge in [-0.15, -0.1) is 0 Å². The van der Waals surface area contributed by atoms with Crippen molar-refractivity contribution < 1.29 is 56.3 Å². The van der Waals surface area contributed by atoms with Crippen molar-refractivity contribution in [1.29, 1.82) is 0 Å². The van der Waals surface area contributed by atoms with E-state index >= 15 is 0 Å². The van der Waals surface area contributed by atoms with Gasteiger partial charge in [0.1, 0.15) is 11.5 Å². The fourth-order valence-corrected chi connectivity index (χ4v) is 2.17. The summed E-state index contributed by atoms with van der Waals surface area (Å²) in [6, 6.07) is 11.2. The molecule has 181 valence electrons. The number of carbonyl (C=O) groups excluding carboxylic acids is 2. The molecule has 0 aromatic heterocycles. The van der Waals surface area contributed by atoms with E-state index in [0.717, 1.165) is 0 Å². The van der Waals surface area contributed by atoms with Gasteiger partial charge in [0.15, 0.2) is 12.1 Å². The third kappa shape index (κ3) is 10.3. The second-order valence-corrected chi connectivity index (χ2v) is 6.12. The number of phenolic OH excluding ortho intramolecular Hbond substituents is 2. The van der Waals surface area contributed by atoms with Crippen molar-refractivity contribution in [3.63, 3.8) is 0 Å². The molecule has 33 heavy (non-hydrogen) atoms. The van der Waals surface area contributed by atoms with Crippen molar-refractivity contribution in [3.05, 3.63) is 59.7 Å². The van der Waals surface area contributed by atoms with Crippen molar-refractivity contribution in [2.24, 2.45) is 9.98 Å². The van der Waals surface area contributed by atoms with Crippen LogP contribution in [0.1, 0.15) is 11.1 Å². The van der Waals surface area contributed by atoms with Crippen LogP contribution in [0.4, 0.5) is 0 Å². The largest absolute Gasteiger partial charge is 0.507 e. The summed E-state index contributed by atoms with van der Waals surface area (Å²) >= 11 is 0. The Kier molecular flexibility index (Phi) is 14.8. The molecule has 2 unspecified atom stereocenters. The second kappa shape index (κ2) is 16.4. The molecule has 2 aromatic rings. The van der Waals surface area contributed by atoms with Crippen LogP contribution in [0.15, 0.2) is 58.5 Å². The molecule has 2 rings (SSSR count). The number of hydrogen-bond donors (Lipinski definition) is 4. The SMILES string of the molecule is COC(=O)C(CO)N=Cc1ccccc1O.COC(=O)C(CO)N=Cc1ccccc1O.[Co]. The summed E-state index contributed by atoms with van der Waals surface area (Å²) in [6.07, 6.45) is 2.65. The predicted molar refractivity (Wildman–Crippen MR) is 117 cm³/mol. The average Bonchev–Trinajstić information content (AvgIpc) is 2.82. The maximum absolute atomic E-state index is 11.1. The molecule has 0 heterocycles. The molecule has 11 heteroatoms. The molecule has 0 saturated heterocycles. The first-order chi connectivity index (χ1) is 15.4. The quantitative estimate of drug-likeness (QED) is 0.301. The number of para-hydroxylation sites is 2. The first-order valence-corrected chi connectivity index (χ1v) is 9.37. The number of nitrogens with zero attached hydrogens (tertiary/aromatic N) is 2. The molecule has 1 radical (unpaired) electrons. The van der Waals surface area contributed by atoms with E-state index in [2.05, 4.69) is 19.5 Å². The summed E-state index contributed by atoms with van der Waals surface area (Å²) in [4.78, 5) is 29.9. The zero-order valence-corrected chi connectivity index (χ0v) is 19.0. The number of ether oxygens (including phenoxy) is 2. The molecule has 0 bridgehead atoms. The molecular weight excluding hydrogens is 479 g/mol. The van der Waals surface area contributed by atoms with Crippen molar-refractivity contribution >= 4 is 24.4 Å². The van der Waals surface area contributed by atoms with E-state index in [4.69, 9.17) is 10.2 Å². The van der Waals surface area contributed by atoms with Crippen LogP contribution >= 0.6 is 0 Å². The van der Waals surface area contributed by atoms with E-state index in [-0.39, 0.29) is 28.3 Å². The van der Waals surface area contributed by atoms with Gasteiger partial charge in [-0.25, -0.2) is 9.59 Å². The Bertz CT molecular complexity index is 861. The Balaban J connectivity index is 0.000000602. The average molecular weight is 505 g/mol. The van der Waals surface area contributed by atoms with Gasteiger partial charge >= 0.3 is 11.9 Å². The summed E-state index contributed by atoms with van der Waals surface area (Å²) in [5.74, 6) is -1.11. The van der Waals surface area contributed by atoms with E-state index in [1.54, 1.807) is 36.4 Å². The number of esters is 2. The molecule has 0 spiro atoms. The molecule has 10 nitrogen and oxygen atoms in total. The number of aromatic hydroxyl groups is 2. The Morgan fingerprint density at radius 1 is 0.788 bits per heavy atom. The first-order valence-electron chi connectivity index (χ1n) is 9.37. The minimum absolute atomic E-state index is 0. The van der Waals surface area contributed by atoms with Crippen molar-refractivity contribution in [1.82, 2.24) is 0 Å². The maximum atomic E-state index is 11.1. The fourth-order valence-electron chi connectivity index (χ4n) is 2.17. The number of phenols is 2. The van der Waals surface area contributed by atoms with E-state index in [1.165, 1.54) is 38.8 Å². The van der Waals surface area contributed by atoms with Gasteiger partial charge in [0.05, 0.1) is 27.4 Å². The van der Waals surface area contributed by atoms with Gasteiger partial charge < -0.3 is 29.9 Å². The molecule has 0 fully saturated rings. The Hall–Kier alpha value is -3.25. The van der Waals surface area contributed by atoms with E-state index in [1.807, 2.05) is 0 Å². The van der Waals surface area contributed by atoms with Crippen LogP contribution in [0.25, 0.3) is 0 Å². The number of aliphatic imine (C=N–C) groups is 2. The minimum atomic E-state index is -0.954. The van der Waals surface area contributed by atoms with Gasteiger partial charge in [0, 0.05) is 40.3 Å². The summed E-state index contributed by atoms with van der Waals surface area (Å²) in [5, 5.41) is 36.6. The van der Waals surface area contributed by atoms with Gasteiger partial charge in [-0.3, -0.25) is 9.98 Å². The molecular formula is C22H26CoN2O8. The van der Waals surface area contributed by atoms with Gasteiger partial charge in [-0.2, -0.15) is 0 Å². The van der Waals surface area contributed by atoms with Gasteiger partial charge in [-0.05, 0) is 24.3 Å². The molecule has 2 aromatic carbocycles. The normalized spacial score (nSPS) is 12.2. The standard InChI is InChI=1S/2C11H13NO4.Co/c2*1-16-11(15)9(7-13)12-6-8-4-2-3-5-10(8)14;/h2*2-6,9,13-14H,7H2,1H3;. The third-order valence-corrected chi connectivity index (χ3v) is 3.95. The number of carbonyl (C=O) groups is 2.